The molecule has 6 nitrogen and oxygen atoms in total. The molecule has 0 radical (unpaired) electrons. The number of rotatable bonds is 3. The highest BCUT2D eigenvalue weighted by Gasteiger charge is 2.17. The van der Waals surface area contributed by atoms with Crippen LogP contribution in [0.2, 0.25) is 0 Å². The first-order valence-electron chi connectivity index (χ1n) is 6.31. The van der Waals surface area contributed by atoms with Crippen LogP contribution in [0.25, 0.3) is 11.4 Å². The van der Waals surface area contributed by atoms with Gasteiger partial charge in [-0.2, -0.15) is 0 Å². The van der Waals surface area contributed by atoms with E-state index in [1.54, 1.807) is 12.4 Å². The summed E-state index contributed by atoms with van der Waals surface area (Å²) < 4.78 is 1.90. The van der Waals surface area contributed by atoms with E-state index in [4.69, 9.17) is 0 Å². The molecule has 0 unspecified atom stereocenters. The van der Waals surface area contributed by atoms with Gasteiger partial charge in [0.1, 0.15) is 0 Å². The quantitative estimate of drug-likeness (QED) is 0.862. The van der Waals surface area contributed by atoms with Crippen LogP contribution in [0.1, 0.15) is 12.8 Å². The number of tetrazole rings is 1. The van der Waals surface area contributed by atoms with Crippen LogP contribution in [-0.2, 0) is 6.54 Å². The fourth-order valence-corrected chi connectivity index (χ4v) is 2.34. The molecule has 3 heterocycles. The van der Waals surface area contributed by atoms with E-state index in [1.807, 2.05) is 16.8 Å². The maximum absolute atomic E-state index is 4.11. The van der Waals surface area contributed by atoms with Gasteiger partial charge in [-0.25, -0.2) is 4.68 Å². The Hall–Kier alpha value is -1.82. The average Bonchev–Trinajstić information content (AvgIpc) is 2.89. The number of piperidine rings is 1. The van der Waals surface area contributed by atoms with E-state index in [-0.39, 0.29) is 0 Å². The van der Waals surface area contributed by atoms with Crippen molar-refractivity contribution in [2.24, 2.45) is 5.92 Å². The van der Waals surface area contributed by atoms with Crippen molar-refractivity contribution in [3.8, 4) is 11.4 Å². The second kappa shape index (κ2) is 5.22. The minimum Gasteiger partial charge on any atom is -0.317 e. The fraction of sp³-hybridized carbons (Fsp3) is 0.500. The van der Waals surface area contributed by atoms with E-state index < -0.39 is 0 Å². The van der Waals surface area contributed by atoms with Gasteiger partial charge in [-0.05, 0) is 54.4 Å². The second-order valence-corrected chi connectivity index (χ2v) is 4.62. The van der Waals surface area contributed by atoms with Gasteiger partial charge in [-0.1, -0.05) is 0 Å². The van der Waals surface area contributed by atoms with E-state index in [0.29, 0.717) is 5.92 Å². The Morgan fingerprint density at radius 1 is 1.33 bits per heavy atom. The molecule has 94 valence electrons. The van der Waals surface area contributed by atoms with E-state index in [9.17, 15) is 0 Å². The molecule has 1 aliphatic heterocycles. The Bertz CT molecular complexity index is 488. The summed E-state index contributed by atoms with van der Waals surface area (Å²) in [6.07, 6.45) is 5.92. The first-order valence-corrected chi connectivity index (χ1v) is 6.31. The smallest absolute Gasteiger partial charge is 0.183 e. The number of aromatic nitrogens is 5. The van der Waals surface area contributed by atoms with Crippen LogP contribution >= 0.6 is 0 Å². The third kappa shape index (κ3) is 2.38. The Balaban J connectivity index is 1.79. The summed E-state index contributed by atoms with van der Waals surface area (Å²) >= 11 is 0. The molecular formula is C12H16N6. The molecule has 18 heavy (non-hydrogen) atoms. The first kappa shape index (κ1) is 11.3. The summed E-state index contributed by atoms with van der Waals surface area (Å²) in [4.78, 5) is 4.11. The molecule has 2 aromatic rings. The molecule has 3 rings (SSSR count). The first-order chi connectivity index (χ1) is 8.93. The topological polar surface area (TPSA) is 68.5 Å². The van der Waals surface area contributed by atoms with E-state index >= 15 is 0 Å². The summed E-state index contributed by atoms with van der Waals surface area (Å²) in [7, 11) is 0. The molecular weight excluding hydrogens is 228 g/mol. The Labute approximate surface area is 105 Å². The molecule has 1 saturated heterocycles. The van der Waals surface area contributed by atoms with Gasteiger partial charge in [-0.3, -0.25) is 4.98 Å². The van der Waals surface area contributed by atoms with Crippen molar-refractivity contribution in [2.75, 3.05) is 13.1 Å². The van der Waals surface area contributed by atoms with Crippen LogP contribution < -0.4 is 5.32 Å². The largest absolute Gasteiger partial charge is 0.317 e. The van der Waals surface area contributed by atoms with Crippen molar-refractivity contribution >= 4 is 0 Å². The van der Waals surface area contributed by atoms with Gasteiger partial charge in [0.2, 0.25) is 0 Å². The predicted molar refractivity (Wildman–Crippen MR) is 66.6 cm³/mol. The lowest BCUT2D eigenvalue weighted by Crippen LogP contribution is -2.30. The van der Waals surface area contributed by atoms with Gasteiger partial charge in [0, 0.05) is 24.5 Å². The molecule has 0 bridgehead atoms. The van der Waals surface area contributed by atoms with E-state index in [0.717, 1.165) is 31.0 Å². The van der Waals surface area contributed by atoms with Crippen LogP contribution in [0.3, 0.4) is 0 Å². The molecule has 2 aromatic heterocycles. The van der Waals surface area contributed by atoms with Gasteiger partial charge in [0.05, 0.1) is 0 Å². The van der Waals surface area contributed by atoms with Crippen molar-refractivity contribution < 1.29 is 0 Å². The lowest BCUT2D eigenvalue weighted by Gasteiger charge is -2.22. The Morgan fingerprint density at radius 2 is 2.22 bits per heavy atom. The third-order valence-electron chi connectivity index (χ3n) is 3.34. The Kier molecular flexibility index (Phi) is 3.27. The second-order valence-electron chi connectivity index (χ2n) is 4.62. The normalized spacial score (nSPS) is 16.9. The van der Waals surface area contributed by atoms with Gasteiger partial charge in [0.25, 0.3) is 0 Å². The van der Waals surface area contributed by atoms with Crippen molar-refractivity contribution in [1.82, 2.24) is 30.5 Å². The number of hydrogen-bond acceptors (Lipinski definition) is 5. The van der Waals surface area contributed by atoms with Gasteiger partial charge >= 0.3 is 0 Å². The lowest BCUT2D eigenvalue weighted by molar-refractivity contribution is 0.320. The SMILES string of the molecule is c1cncc(-c2nnnn2CC2CCNCC2)c1. The number of pyridine rings is 1. The van der Waals surface area contributed by atoms with E-state index in [2.05, 4.69) is 25.8 Å². The zero-order valence-electron chi connectivity index (χ0n) is 10.2. The zero-order chi connectivity index (χ0) is 12.2. The molecule has 0 aliphatic carbocycles. The summed E-state index contributed by atoms with van der Waals surface area (Å²) in [5.74, 6) is 1.46. The van der Waals surface area contributed by atoms with Crippen LogP contribution in [0, 0.1) is 5.92 Å². The lowest BCUT2D eigenvalue weighted by atomic mass is 9.98. The standard InChI is InChI=1S/C12H16N6/c1-2-11(8-14-5-1)12-15-16-17-18(12)9-10-3-6-13-7-4-10/h1-2,5,8,10,13H,3-4,6-7,9H2. The van der Waals surface area contributed by atoms with E-state index in [1.165, 1.54) is 12.8 Å². The van der Waals surface area contributed by atoms with Crippen LogP contribution in [0.5, 0.6) is 0 Å². The van der Waals surface area contributed by atoms with Gasteiger partial charge in [0.15, 0.2) is 5.82 Å². The molecule has 1 aliphatic rings. The highest BCUT2D eigenvalue weighted by molar-refractivity contribution is 5.52. The zero-order valence-corrected chi connectivity index (χ0v) is 10.2. The van der Waals surface area contributed by atoms with Crippen LogP contribution in [0.15, 0.2) is 24.5 Å². The monoisotopic (exact) mass is 244 g/mol. The van der Waals surface area contributed by atoms with Crippen molar-refractivity contribution in [1.29, 1.82) is 0 Å². The summed E-state index contributed by atoms with van der Waals surface area (Å²) in [5.41, 5.74) is 0.969. The van der Waals surface area contributed by atoms with Gasteiger partial charge in [-0.15, -0.1) is 5.10 Å². The fourth-order valence-electron chi connectivity index (χ4n) is 2.34. The number of nitrogens with one attached hydrogen (secondary N) is 1. The molecule has 0 spiro atoms. The Morgan fingerprint density at radius 3 is 3.00 bits per heavy atom. The van der Waals surface area contributed by atoms with Gasteiger partial charge < -0.3 is 5.32 Å². The molecule has 6 heteroatoms. The summed E-state index contributed by atoms with van der Waals surface area (Å²) in [5, 5.41) is 15.3. The van der Waals surface area contributed by atoms with Crippen molar-refractivity contribution in [3.63, 3.8) is 0 Å². The minimum absolute atomic E-state index is 0.658. The molecule has 0 atom stereocenters. The maximum atomic E-state index is 4.11. The molecule has 1 fully saturated rings. The van der Waals surface area contributed by atoms with Crippen molar-refractivity contribution in [2.45, 2.75) is 19.4 Å². The molecule has 0 aromatic carbocycles. The number of nitrogens with zero attached hydrogens (tertiary/aromatic N) is 5. The molecule has 0 saturated carbocycles. The van der Waals surface area contributed by atoms with Crippen LogP contribution in [0.4, 0.5) is 0 Å². The van der Waals surface area contributed by atoms with Crippen LogP contribution in [-0.4, -0.2) is 38.3 Å². The average molecular weight is 244 g/mol. The highest BCUT2D eigenvalue weighted by atomic mass is 15.5. The summed E-state index contributed by atoms with van der Waals surface area (Å²) in [6, 6.07) is 3.89. The molecule has 1 N–H and O–H groups in total. The third-order valence-corrected chi connectivity index (χ3v) is 3.34. The maximum Gasteiger partial charge on any atom is 0.183 e. The molecule has 0 amide bonds. The van der Waals surface area contributed by atoms with Crippen molar-refractivity contribution in [3.05, 3.63) is 24.5 Å². The summed E-state index contributed by atoms with van der Waals surface area (Å²) in [6.45, 7) is 3.07. The highest BCUT2D eigenvalue weighted by Crippen LogP contribution is 2.18. The predicted octanol–water partition coefficient (Wildman–Crippen LogP) is 0.735. The number of hydrogen-bond donors (Lipinski definition) is 1. The minimum atomic E-state index is 0.658.